The van der Waals surface area contributed by atoms with Crippen molar-refractivity contribution < 1.29 is 26.4 Å². The highest BCUT2D eigenvalue weighted by atomic mass is 32.2. The number of amides is 1. The smallest absolute Gasteiger partial charge is 0.224 e. The van der Waals surface area contributed by atoms with E-state index in [1.165, 1.54) is 0 Å². The number of sulfone groups is 1. The molecule has 0 aliphatic carbocycles. The number of benzene rings is 1. The molecular weight excluding hydrogens is 393 g/mol. The predicted octanol–water partition coefficient (Wildman–Crippen LogP) is 2.18. The van der Waals surface area contributed by atoms with Crippen molar-refractivity contribution >= 4 is 15.7 Å². The Morgan fingerprint density at radius 1 is 1.14 bits per heavy atom. The third-order valence-electron chi connectivity index (χ3n) is 5.89. The maximum Gasteiger partial charge on any atom is 0.224 e. The van der Waals surface area contributed by atoms with Gasteiger partial charge in [0.2, 0.25) is 5.91 Å². The van der Waals surface area contributed by atoms with E-state index in [-0.39, 0.29) is 48.1 Å². The highest BCUT2D eigenvalue weighted by Gasteiger charge is 2.44. The maximum atomic E-state index is 13.9. The standard InChI is InChI=1S/C19H25F3N2O3S/c1-28(26,27)5-4-19(25)24-13-2-3-14(24)7-12(6-13)18(23)9-11-8-16(21)17(22)10-15(11)20/h8,10,12-14,18H,2-7,9,23H2,1H3. The lowest BCUT2D eigenvalue weighted by molar-refractivity contribution is -0.136. The van der Waals surface area contributed by atoms with Gasteiger partial charge in [0.05, 0.1) is 5.75 Å². The first-order chi connectivity index (χ1) is 13.0. The van der Waals surface area contributed by atoms with Gasteiger partial charge in [0.15, 0.2) is 11.6 Å². The van der Waals surface area contributed by atoms with E-state index in [0.29, 0.717) is 18.9 Å². The Labute approximate surface area is 163 Å². The second-order valence-electron chi connectivity index (χ2n) is 8.02. The molecule has 2 aliphatic heterocycles. The molecule has 3 rings (SSSR count). The third kappa shape index (κ3) is 4.68. The van der Waals surface area contributed by atoms with Crippen molar-refractivity contribution in [3.8, 4) is 0 Å². The van der Waals surface area contributed by atoms with E-state index in [1.54, 1.807) is 4.90 Å². The molecule has 9 heteroatoms. The number of carbonyl (C=O) groups is 1. The van der Waals surface area contributed by atoms with Crippen molar-refractivity contribution in [3.63, 3.8) is 0 Å². The highest BCUT2D eigenvalue weighted by molar-refractivity contribution is 7.90. The van der Waals surface area contributed by atoms with Crippen LogP contribution in [0.25, 0.3) is 0 Å². The van der Waals surface area contributed by atoms with Crippen molar-refractivity contribution in [2.24, 2.45) is 11.7 Å². The van der Waals surface area contributed by atoms with Crippen LogP contribution in [-0.4, -0.2) is 49.4 Å². The van der Waals surface area contributed by atoms with Gasteiger partial charge in [-0.2, -0.15) is 0 Å². The van der Waals surface area contributed by atoms with E-state index in [9.17, 15) is 26.4 Å². The lowest BCUT2D eigenvalue weighted by Crippen LogP contribution is -2.50. The summed E-state index contributed by atoms with van der Waals surface area (Å²) < 4.78 is 63.1. The van der Waals surface area contributed by atoms with E-state index < -0.39 is 33.3 Å². The van der Waals surface area contributed by atoms with Gasteiger partial charge in [0.1, 0.15) is 15.7 Å². The number of nitrogens with two attached hydrogens (primary N) is 1. The van der Waals surface area contributed by atoms with Gasteiger partial charge in [-0.25, -0.2) is 21.6 Å². The minimum atomic E-state index is -3.20. The van der Waals surface area contributed by atoms with Crippen LogP contribution in [0.1, 0.15) is 37.7 Å². The van der Waals surface area contributed by atoms with Gasteiger partial charge < -0.3 is 10.6 Å². The van der Waals surface area contributed by atoms with E-state index in [4.69, 9.17) is 5.73 Å². The third-order valence-corrected chi connectivity index (χ3v) is 6.84. The van der Waals surface area contributed by atoms with Crippen LogP contribution in [0.4, 0.5) is 13.2 Å². The molecule has 0 saturated carbocycles. The van der Waals surface area contributed by atoms with Crippen LogP contribution in [0.5, 0.6) is 0 Å². The van der Waals surface area contributed by atoms with Gasteiger partial charge in [0.25, 0.3) is 0 Å². The van der Waals surface area contributed by atoms with Crippen molar-refractivity contribution in [3.05, 3.63) is 35.1 Å². The first-order valence-corrected chi connectivity index (χ1v) is 11.5. The quantitative estimate of drug-likeness (QED) is 0.718. The summed E-state index contributed by atoms with van der Waals surface area (Å²) in [5.41, 5.74) is 6.31. The van der Waals surface area contributed by atoms with Crippen molar-refractivity contribution in [1.82, 2.24) is 4.90 Å². The van der Waals surface area contributed by atoms with Crippen molar-refractivity contribution in [1.29, 1.82) is 0 Å². The number of hydrogen-bond acceptors (Lipinski definition) is 4. The zero-order chi connectivity index (χ0) is 20.6. The molecule has 3 atom stereocenters. The van der Waals surface area contributed by atoms with Gasteiger partial charge in [-0.15, -0.1) is 0 Å². The number of rotatable bonds is 6. The van der Waals surface area contributed by atoms with Gasteiger partial charge in [0, 0.05) is 36.9 Å². The predicted molar refractivity (Wildman–Crippen MR) is 98.7 cm³/mol. The Kier molecular flexibility index (Phi) is 6.05. The fraction of sp³-hybridized carbons (Fsp3) is 0.632. The summed E-state index contributed by atoms with van der Waals surface area (Å²) in [4.78, 5) is 14.3. The summed E-state index contributed by atoms with van der Waals surface area (Å²) in [6.07, 6.45) is 4.13. The van der Waals surface area contributed by atoms with Crippen LogP contribution < -0.4 is 5.73 Å². The van der Waals surface area contributed by atoms with Gasteiger partial charge >= 0.3 is 0 Å². The summed E-state index contributed by atoms with van der Waals surface area (Å²) in [5, 5.41) is 0. The molecule has 2 aliphatic rings. The van der Waals surface area contributed by atoms with Crippen LogP contribution in [0.2, 0.25) is 0 Å². The van der Waals surface area contributed by atoms with Gasteiger partial charge in [-0.1, -0.05) is 0 Å². The molecule has 0 radical (unpaired) electrons. The number of carbonyl (C=O) groups excluding carboxylic acids is 1. The second-order valence-corrected chi connectivity index (χ2v) is 10.3. The maximum absolute atomic E-state index is 13.9. The highest BCUT2D eigenvalue weighted by Crippen LogP contribution is 2.40. The van der Waals surface area contributed by atoms with E-state index >= 15 is 0 Å². The van der Waals surface area contributed by atoms with Crippen LogP contribution >= 0.6 is 0 Å². The molecule has 3 unspecified atom stereocenters. The van der Waals surface area contributed by atoms with Crippen molar-refractivity contribution in [2.75, 3.05) is 12.0 Å². The first-order valence-electron chi connectivity index (χ1n) is 9.43. The molecule has 2 bridgehead atoms. The SMILES string of the molecule is CS(=O)(=O)CCC(=O)N1C2CCC1CC(C(N)Cc1cc(F)c(F)cc1F)C2. The Balaban J connectivity index is 1.63. The Morgan fingerprint density at radius 3 is 2.29 bits per heavy atom. The molecule has 0 aromatic heterocycles. The minimum Gasteiger partial charge on any atom is -0.337 e. The molecule has 1 aromatic carbocycles. The van der Waals surface area contributed by atoms with Crippen LogP contribution in [-0.2, 0) is 21.1 Å². The largest absolute Gasteiger partial charge is 0.337 e. The molecule has 1 aromatic rings. The molecule has 5 nitrogen and oxygen atoms in total. The zero-order valence-electron chi connectivity index (χ0n) is 15.7. The van der Waals surface area contributed by atoms with Crippen LogP contribution in [0.15, 0.2) is 12.1 Å². The number of nitrogens with zero attached hydrogens (tertiary/aromatic N) is 1. The summed E-state index contributed by atoms with van der Waals surface area (Å²) in [5.74, 6) is -3.44. The second kappa shape index (κ2) is 8.02. The summed E-state index contributed by atoms with van der Waals surface area (Å²) in [7, 11) is -3.20. The average molecular weight is 418 g/mol. The monoisotopic (exact) mass is 418 g/mol. The normalized spacial score (nSPS) is 25.8. The molecule has 156 valence electrons. The van der Waals surface area contributed by atoms with Gasteiger partial charge in [-0.3, -0.25) is 4.79 Å². The molecule has 2 N–H and O–H groups in total. The Bertz CT molecular complexity index is 848. The fourth-order valence-corrected chi connectivity index (χ4v) is 5.06. The number of piperidine rings is 1. The number of fused-ring (bicyclic) bond motifs is 2. The lowest BCUT2D eigenvalue weighted by atomic mass is 9.82. The van der Waals surface area contributed by atoms with Crippen LogP contribution in [0.3, 0.4) is 0 Å². The number of halogens is 3. The fourth-order valence-electron chi connectivity index (χ4n) is 4.52. The summed E-state index contributed by atoms with van der Waals surface area (Å²) >= 11 is 0. The van der Waals surface area contributed by atoms with Crippen molar-refractivity contribution in [2.45, 2.75) is 56.7 Å². The molecule has 1 amide bonds. The lowest BCUT2D eigenvalue weighted by Gasteiger charge is -2.41. The summed E-state index contributed by atoms with van der Waals surface area (Å²) in [6, 6.07) is 0.941. The van der Waals surface area contributed by atoms with Gasteiger partial charge in [-0.05, 0) is 49.7 Å². The molecule has 2 fully saturated rings. The molecule has 0 spiro atoms. The topological polar surface area (TPSA) is 80.5 Å². The summed E-state index contributed by atoms with van der Waals surface area (Å²) in [6.45, 7) is 0. The van der Waals surface area contributed by atoms with Crippen LogP contribution in [0, 0.1) is 23.4 Å². The molecular formula is C19H25F3N2O3S. The molecule has 28 heavy (non-hydrogen) atoms. The minimum absolute atomic E-state index is 0.00309. The Morgan fingerprint density at radius 2 is 1.71 bits per heavy atom. The molecule has 2 heterocycles. The zero-order valence-corrected chi connectivity index (χ0v) is 16.5. The van der Waals surface area contributed by atoms with E-state index in [0.717, 1.165) is 25.2 Å². The first kappa shape index (κ1) is 21.1. The number of hydrogen-bond donors (Lipinski definition) is 1. The molecule has 2 saturated heterocycles. The average Bonchev–Trinajstić information content (AvgIpc) is 2.86. The Hall–Kier alpha value is -1.61. The van der Waals surface area contributed by atoms with E-state index in [2.05, 4.69) is 0 Å². The van der Waals surface area contributed by atoms with E-state index in [1.807, 2.05) is 0 Å².